The summed E-state index contributed by atoms with van der Waals surface area (Å²) in [4.78, 5) is 0. The highest BCUT2D eigenvalue weighted by atomic mass is 79.9. The Balaban J connectivity index is 2.30. The number of hydrogen-bond donors (Lipinski definition) is 1. The SMILES string of the molecule is COc1ccc(Oc2ccc(F)cc2CC(C)N)c(Br)c1. The molecule has 0 saturated carbocycles. The van der Waals surface area contributed by atoms with Gasteiger partial charge in [0, 0.05) is 6.04 Å². The molecule has 2 N–H and O–H groups in total. The predicted octanol–water partition coefficient (Wildman–Crippen LogP) is 4.28. The van der Waals surface area contributed by atoms with Gasteiger partial charge in [-0.3, -0.25) is 0 Å². The lowest BCUT2D eigenvalue weighted by Gasteiger charge is -2.14. The molecule has 5 heteroatoms. The summed E-state index contributed by atoms with van der Waals surface area (Å²) in [5, 5.41) is 0. The maximum absolute atomic E-state index is 13.4. The van der Waals surface area contributed by atoms with Crippen LogP contribution in [0.5, 0.6) is 17.2 Å². The van der Waals surface area contributed by atoms with Crippen molar-refractivity contribution >= 4 is 15.9 Å². The predicted molar refractivity (Wildman–Crippen MR) is 84.5 cm³/mol. The number of nitrogens with two attached hydrogens (primary N) is 1. The molecule has 112 valence electrons. The van der Waals surface area contributed by atoms with E-state index in [1.54, 1.807) is 25.3 Å². The van der Waals surface area contributed by atoms with E-state index in [2.05, 4.69) is 15.9 Å². The van der Waals surface area contributed by atoms with Crippen LogP contribution >= 0.6 is 15.9 Å². The minimum Gasteiger partial charge on any atom is -0.497 e. The van der Waals surface area contributed by atoms with E-state index in [1.807, 2.05) is 13.0 Å². The normalized spacial score (nSPS) is 12.0. The van der Waals surface area contributed by atoms with Gasteiger partial charge in [-0.25, -0.2) is 4.39 Å². The molecule has 2 rings (SSSR count). The zero-order valence-electron chi connectivity index (χ0n) is 11.9. The van der Waals surface area contributed by atoms with Crippen LogP contribution in [0.15, 0.2) is 40.9 Å². The van der Waals surface area contributed by atoms with Gasteiger partial charge < -0.3 is 15.2 Å². The van der Waals surface area contributed by atoms with E-state index in [0.717, 1.165) is 15.8 Å². The van der Waals surface area contributed by atoms with Gasteiger partial charge >= 0.3 is 0 Å². The van der Waals surface area contributed by atoms with Crippen LogP contribution in [0.3, 0.4) is 0 Å². The minimum absolute atomic E-state index is 0.0755. The number of benzene rings is 2. The Bertz CT molecular complexity index is 632. The van der Waals surface area contributed by atoms with Gasteiger partial charge in [0.1, 0.15) is 23.1 Å². The van der Waals surface area contributed by atoms with Gasteiger partial charge in [0.2, 0.25) is 0 Å². The standard InChI is InChI=1S/C16H17BrFNO2/c1-10(19)7-11-8-12(18)3-5-15(11)21-16-6-4-13(20-2)9-14(16)17/h3-6,8-10H,7,19H2,1-2H3. The molecule has 0 radical (unpaired) electrons. The van der Waals surface area contributed by atoms with Gasteiger partial charge in [0.25, 0.3) is 0 Å². The van der Waals surface area contributed by atoms with Crippen molar-refractivity contribution in [2.45, 2.75) is 19.4 Å². The first kappa shape index (κ1) is 15.8. The highest BCUT2D eigenvalue weighted by Crippen LogP contribution is 2.34. The summed E-state index contributed by atoms with van der Waals surface area (Å²) in [5.41, 5.74) is 6.54. The second-order valence-corrected chi connectivity index (χ2v) is 5.69. The Kier molecular flexibility index (Phi) is 5.20. The molecular weight excluding hydrogens is 337 g/mol. The Morgan fingerprint density at radius 2 is 1.90 bits per heavy atom. The molecule has 0 aliphatic heterocycles. The molecule has 0 fully saturated rings. The summed E-state index contributed by atoms with van der Waals surface area (Å²) in [7, 11) is 1.60. The van der Waals surface area contributed by atoms with Gasteiger partial charge in [-0.05, 0) is 71.2 Å². The molecule has 2 aromatic carbocycles. The van der Waals surface area contributed by atoms with Crippen LogP contribution in [0, 0.1) is 5.82 Å². The van der Waals surface area contributed by atoms with E-state index in [-0.39, 0.29) is 11.9 Å². The zero-order valence-corrected chi connectivity index (χ0v) is 13.5. The third kappa shape index (κ3) is 4.19. The second-order valence-electron chi connectivity index (χ2n) is 4.83. The maximum Gasteiger partial charge on any atom is 0.141 e. The fraction of sp³-hybridized carbons (Fsp3) is 0.250. The number of halogens is 2. The summed E-state index contributed by atoms with van der Waals surface area (Å²) in [5.74, 6) is 1.66. The van der Waals surface area contributed by atoms with Gasteiger partial charge in [0.15, 0.2) is 0 Å². The van der Waals surface area contributed by atoms with Crippen LogP contribution in [-0.2, 0) is 6.42 Å². The summed E-state index contributed by atoms with van der Waals surface area (Å²) < 4.78 is 25.2. The van der Waals surface area contributed by atoms with Gasteiger partial charge in [-0.1, -0.05) is 0 Å². The van der Waals surface area contributed by atoms with E-state index in [9.17, 15) is 4.39 Å². The van der Waals surface area contributed by atoms with Crippen molar-refractivity contribution in [3.05, 3.63) is 52.3 Å². The molecule has 0 bridgehead atoms. The van der Waals surface area contributed by atoms with Gasteiger partial charge in [-0.2, -0.15) is 0 Å². The maximum atomic E-state index is 13.4. The first-order valence-corrected chi connectivity index (χ1v) is 7.34. The number of rotatable bonds is 5. The molecule has 0 saturated heterocycles. The van der Waals surface area contributed by atoms with Crippen molar-refractivity contribution in [3.8, 4) is 17.2 Å². The number of ether oxygens (including phenoxy) is 2. The summed E-state index contributed by atoms with van der Waals surface area (Å²) in [6.07, 6.45) is 0.543. The number of methoxy groups -OCH3 is 1. The highest BCUT2D eigenvalue weighted by Gasteiger charge is 2.11. The minimum atomic E-state index is -0.299. The topological polar surface area (TPSA) is 44.5 Å². The first-order valence-electron chi connectivity index (χ1n) is 6.55. The third-order valence-electron chi connectivity index (χ3n) is 2.92. The highest BCUT2D eigenvalue weighted by molar-refractivity contribution is 9.10. The lowest BCUT2D eigenvalue weighted by Crippen LogP contribution is -2.18. The molecule has 0 aliphatic rings. The van der Waals surface area contributed by atoms with Crippen LogP contribution in [0.4, 0.5) is 4.39 Å². The van der Waals surface area contributed by atoms with E-state index in [1.165, 1.54) is 12.1 Å². The summed E-state index contributed by atoms with van der Waals surface area (Å²) in [6.45, 7) is 1.87. The average molecular weight is 354 g/mol. The van der Waals surface area contributed by atoms with Crippen molar-refractivity contribution in [1.29, 1.82) is 0 Å². The lowest BCUT2D eigenvalue weighted by atomic mass is 10.1. The average Bonchev–Trinajstić information content (AvgIpc) is 2.43. The Morgan fingerprint density at radius 3 is 2.52 bits per heavy atom. The molecule has 3 nitrogen and oxygen atoms in total. The van der Waals surface area contributed by atoms with Crippen LogP contribution in [0.1, 0.15) is 12.5 Å². The van der Waals surface area contributed by atoms with Crippen molar-refractivity contribution in [3.63, 3.8) is 0 Å². The largest absolute Gasteiger partial charge is 0.497 e. The summed E-state index contributed by atoms with van der Waals surface area (Å²) in [6, 6.07) is 9.77. The van der Waals surface area contributed by atoms with E-state index >= 15 is 0 Å². The Labute approximate surface area is 132 Å². The number of hydrogen-bond acceptors (Lipinski definition) is 3. The molecule has 0 heterocycles. The van der Waals surface area contributed by atoms with Crippen LogP contribution in [0.25, 0.3) is 0 Å². The quantitative estimate of drug-likeness (QED) is 0.872. The molecular formula is C16H17BrFNO2. The van der Waals surface area contributed by atoms with E-state index in [0.29, 0.717) is 17.9 Å². The monoisotopic (exact) mass is 353 g/mol. The van der Waals surface area contributed by atoms with Crippen LogP contribution < -0.4 is 15.2 Å². The molecule has 21 heavy (non-hydrogen) atoms. The van der Waals surface area contributed by atoms with Crippen molar-refractivity contribution in [2.75, 3.05) is 7.11 Å². The Hall–Kier alpha value is -1.59. The second kappa shape index (κ2) is 6.91. The third-order valence-corrected chi connectivity index (χ3v) is 3.54. The van der Waals surface area contributed by atoms with Crippen LogP contribution in [0.2, 0.25) is 0 Å². The first-order chi connectivity index (χ1) is 9.99. The summed E-state index contributed by atoms with van der Waals surface area (Å²) >= 11 is 3.43. The molecule has 2 aromatic rings. The van der Waals surface area contributed by atoms with E-state index in [4.69, 9.17) is 15.2 Å². The molecule has 1 unspecified atom stereocenters. The molecule has 0 amide bonds. The Morgan fingerprint density at radius 1 is 1.19 bits per heavy atom. The van der Waals surface area contributed by atoms with E-state index < -0.39 is 0 Å². The molecule has 1 atom stereocenters. The fourth-order valence-corrected chi connectivity index (χ4v) is 2.40. The molecule has 0 aliphatic carbocycles. The van der Waals surface area contributed by atoms with Gasteiger partial charge in [-0.15, -0.1) is 0 Å². The zero-order chi connectivity index (χ0) is 15.4. The van der Waals surface area contributed by atoms with Crippen molar-refractivity contribution in [2.24, 2.45) is 5.73 Å². The van der Waals surface area contributed by atoms with Crippen LogP contribution in [-0.4, -0.2) is 13.2 Å². The fourth-order valence-electron chi connectivity index (χ4n) is 1.96. The molecule has 0 aromatic heterocycles. The van der Waals surface area contributed by atoms with Crippen molar-refractivity contribution in [1.82, 2.24) is 0 Å². The smallest absolute Gasteiger partial charge is 0.141 e. The lowest BCUT2D eigenvalue weighted by molar-refractivity contribution is 0.412. The molecule has 0 spiro atoms. The van der Waals surface area contributed by atoms with Gasteiger partial charge in [0.05, 0.1) is 11.6 Å². The van der Waals surface area contributed by atoms with Crippen molar-refractivity contribution < 1.29 is 13.9 Å².